The van der Waals surface area contributed by atoms with Gasteiger partial charge in [-0.2, -0.15) is 0 Å². The van der Waals surface area contributed by atoms with Gasteiger partial charge in [0.1, 0.15) is 11.5 Å². The van der Waals surface area contributed by atoms with Crippen LogP contribution in [-0.2, 0) is 6.54 Å². The normalized spacial score (nSPS) is 15.5. The standard InChI is InChI=1S/C25H37N5O.HI/c1-21-11-12-22(24(19-21)31-23-9-5-4-6-10-23)20-28-25(26-2)27-13-7-15-30-16-8-14-29(3)17-18-30;/h4-6,9-12,19H,7-8,13-18,20H2,1-3H3,(H2,26,27,28);1H. The second-order valence-electron chi connectivity index (χ2n) is 8.23. The molecule has 1 saturated heterocycles. The molecule has 0 atom stereocenters. The van der Waals surface area contributed by atoms with Crippen molar-refractivity contribution in [1.82, 2.24) is 20.4 Å². The summed E-state index contributed by atoms with van der Waals surface area (Å²) in [6.45, 7) is 9.52. The summed E-state index contributed by atoms with van der Waals surface area (Å²) in [5.41, 5.74) is 2.28. The maximum atomic E-state index is 6.13. The second kappa shape index (κ2) is 14.3. The Balaban J connectivity index is 0.00000363. The first kappa shape index (κ1) is 26.4. The highest BCUT2D eigenvalue weighted by Crippen LogP contribution is 2.26. The van der Waals surface area contributed by atoms with Crippen LogP contribution in [0.4, 0.5) is 0 Å². The molecule has 0 bridgehead atoms. The van der Waals surface area contributed by atoms with Gasteiger partial charge in [-0.05, 0) is 70.2 Å². The average molecular weight is 552 g/mol. The van der Waals surface area contributed by atoms with Crippen LogP contribution in [0.5, 0.6) is 11.5 Å². The molecule has 2 aromatic carbocycles. The molecule has 0 aromatic heterocycles. The molecular formula is C25H38IN5O. The molecule has 0 amide bonds. The van der Waals surface area contributed by atoms with Crippen LogP contribution < -0.4 is 15.4 Å². The Labute approximate surface area is 210 Å². The Bertz CT molecular complexity index is 830. The molecule has 0 saturated carbocycles. The van der Waals surface area contributed by atoms with Gasteiger partial charge in [-0.25, -0.2) is 0 Å². The van der Waals surface area contributed by atoms with Gasteiger partial charge in [-0.3, -0.25) is 4.99 Å². The van der Waals surface area contributed by atoms with E-state index in [2.05, 4.69) is 57.6 Å². The van der Waals surface area contributed by atoms with Crippen molar-refractivity contribution >= 4 is 29.9 Å². The highest BCUT2D eigenvalue weighted by molar-refractivity contribution is 14.0. The molecule has 0 aliphatic carbocycles. The topological polar surface area (TPSA) is 52.1 Å². The molecular weight excluding hydrogens is 513 g/mol. The minimum atomic E-state index is 0. The molecule has 1 aliphatic heterocycles. The lowest BCUT2D eigenvalue weighted by molar-refractivity contribution is 0.274. The van der Waals surface area contributed by atoms with Crippen LogP contribution in [0.1, 0.15) is 24.0 Å². The predicted octanol–water partition coefficient (Wildman–Crippen LogP) is 4.10. The van der Waals surface area contributed by atoms with Crippen molar-refractivity contribution in [3.05, 3.63) is 59.7 Å². The zero-order valence-electron chi connectivity index (χ0n) is 19.6. The molecule has 0 spiro atoms. The fourth-order valence-electron chi connectivity index (χ4n) is 3.75. The Morgan fingerprint density at radius 2 is 1.84 bits per heavy atom. The van der Waals surface area contributed by atoms with E-state index in [1.165, 1.54) is 38.2 Å². The number of aliphatic imine (C=N–C) groups is 1. The summed E-state index contributed by atoms with van der Waals surface area (Å²) in [6.07, 6.45) is 2.37. The van der Waals surface area contributed by atoms with Gasteiger partial charge in [0.05, 0.1) is 0 Å². The number of guanidine groups is 1. The van der Waals surface area contributed by atoms with E-state index in [9.17, 15) is 0 Å². The second-order valence-corrected chi connectivity index (χ2v) is 8.23. The summed E-state index contributed by atoms with van der Waals surface area (Å²) >= 11 is 0. The number of benzene rings is 2. The van der Waals surface area contributed by atoms with Gasteiger partial charge in [-0.1, -0.05) is 30.3 Å². The van der Waals surface area contributed by atoms with Crippen LogP contribution >= 0.6 is 24.0 Å². The highest BCUT2D eigenvalue weighted by Gasteiger charge is 2.11. The molecule has 2 aromatic rings. The number of likely N-dealkylation sites (N-methyl/N-ethyl adjacent to an activating group) is 1. The quantitative estimate of drug-likeness (QED) is 0.224. The van der Waals surface area contributed by atoms with E-state index in [0.29, 0.717) is 6.54 Å². The summed E-state index contributed by atoms with van der Waals surface area (Å²) < 4.78 is 6.13. The lowest BCUT2D eigenvalue weighted by Crippen LogP contribution is -2.38. The van der Waals surface area contributed by atoms with Crippen LogP contribution in [0, 0.1) is 6.92 Å². The van der Waals surface area contributed by atoms with Gasteiger partial charge < -0.3 is 25.2 Å². The predicted molar refractivity (Wildman–Crippen MR) is 144 cm³/mol. The summed E-state index contributed by atoms with van der Waals surface area (Å²) in [6, 6.07) is 16.2. The molecule has 1 heterocycles. The number of nitrogens with one attached hydrogen (secondary N) is 2. The third-order valence-corrected chi connectivity index (χ3v) is 5.62. The SMILES string of the molecule is CN=C(NCCCN1CCCN(C)CC1)NCc1ccc(C)cc1Oc1ccccc1.I. The molecule has 0 radical (unpaired) electrons. The first-order chi connectivity index (χ1) is 15.1. The summed E-state index contributed by atoms with van der Waals surface area (Å²) in [4.78, 5) is 9.37. The van der Waals surface area contributed by atoms with E-state index < -0.39 is 0 Å². The Hall–Kier alpha value is -1.84. The number of para-hydroxylation sites is 1. The van der Waals surface area contributed by atoms with Crippen LogP contribution in [0.15, 0.2) is 53.5 Å². The van der Waals surface area contributed by atoms with Gasteiger partial charge >= 0.3 is 0 Å². The van der Waals surface area contributed by atoms with E-state index in [4.69, 9.17) is 4.74 Å². The smallest absolute Gasteiger partial charge is 0.191 e. The number of rotatable bonds is 8. The summed E-state index contributed by atoms with van der Waals surface area (Å²) in [7, 11) is 4.03. The molecule has 1 fully saturated rings. The van der Waals surface area contributed by atoms with E-state index in [1.807, 2.05) is 37.4 Å². The fourth-order valence-corrected chi connectivity index (χ4v) is 3.75. The first-order valence-electron chi connectivity index (χ1n) is 11.3. The number of hydrogen-bond acceptors (Lipinski definition) is 4. The van der Waals surface area contributed by atoms with Crippen molar-refractivity contribution in [3.8, 4) is 11.5 Å². The van der Waals surface area contributed by atoms with Crippen molar-refractivity contribution in [3.63, 3.8) is 0 Å². The van der Waals surface area contributed by atoms with Crippen LogP contribution in [0.25, 0.3) is 0 Å². The average Bonchev–Trinajstić information content (AvgIpc) is 2.99. The van der Waals surface area contributed by atoms with Crippen molar-refractivity contribution < 1.29 is 4.74 Å². The Morgan fingerprint density at radius 1 is 1.03 bits per heavy atom. The third-order valence-electron chi connectivity index (χ3n) is 5.62. The van der Waals surface area contributed by atoms with E-state index in [1.54, 1.807) is 0 Å². The van der Waals surface area contributed by atoms with E-state index in [0.717, 1.165) is 42.5 Å². The Kier molecular flexibility index (Phi) is 11.8. The molecule has 3 rings (SSSR count). The van der Waals surface area contributed by atoms with Gasteiger partial charge in [0.2, 0.25) is 0 Å². The third kappa shape index (κ3) is 8.96. The van der Waals surface area contributed by atoms with Crippen LogP contribution in [0.2, 0.25) is 0 Å². The minimum absolute atomic E-state index is 0. The highest BCUT2D eigenvalue weighted by atomic mass is 127. The zero-order chi connectivity index (χ0) is 21.9. The monoisotopic (exact) mass is 551 g/mol. The lowest BCUT2D eigenvalue weighted by Gasteiger charge is -2.20. The summed E-state index contributed by atoms with van der Waals surface area (Å²) in [5.74, 6) is 2.54. The maximum Gasteiger partial charge on any atom is 0.191 e. The van der Waals surface area contributed by atoms with E-state index >= 15 is 0 Å². The van der Waals surface area contributed by atoms with Gasteiger partial charge in [0, 0.05) is 38.8 Å². The molecule has 1 aliphatic rings. The van der Waals surface area contributed by atoms with Gasteiger partial charge in [-0.15, -0.1) is 24.0 Å². The fraction of sp³-hybridized carbons (Fsp3) is 0.480. The number of halogens is 1. The molecule has 6 nitrogen and oxygen atoms in total. The number of aryl methyl sites for hydroxylation is 1. The van der Waals surface area contributed by atoms with Crippen molar-refractivity contribution in [1.29, 1.82) is 0 Å². The Morgan fingerprint density at radius 3 is 2.62 bits per heavy atom. The van der Waals surface area contributed by atoms with Crippen molar-refractivity contribution in [2.45, 2.75) is 26.3 Å². The molecule has 0 unspecified atom stereocenters. The molecule has 2 N–H and O–H groups in total. The van der Waals surface area contributed by atoms with Gasteiger partial charge in [0.25, 0.3) is 0 Å². The zero-order valence-corrected chi connectivity index (χ0v) is 22.0. The minimum Gasteiger partial charge on any atom is -0.457 e. The number of hydrogen-bond donors (Lipinski definition) is 2. The molecule has 32 heavy (non-hydrogen) atoms. The van der Waals surface area contributed by atoms with Crippen LogP contribution in [0.3, 0.4) is 0 Å². The van der Waals surface area contributed by atoms with E-state index in [-0.39, 0.29) is 24.0 Å². The molecule has 7 heteroatoms. The summed E-state index contributed by atoms with van der Waals surface area (Å²) in [5, 5.41) is 6.87. The van der Waals surface area contributed by atoms with Gasteiger partial charge in [0.15, 0.2) is 5.96 Å². The lowest BCUT2D eigenvalue weighted by atomic mass is 10.1. The maximum absolute atomic E-state index is 6.13. The largest absolute Gasteiger partial charge is 0.457 e. The molecule has 176 valence electrons. The van der Waals surface area contributed by atoms with Crippen molar-refractivity contribution in [2.75, 3.05) is 53.4 Å². The first-order valence-corrected chi connectivity index (χ1v) is 11.3. The van der Waals surface area contributed by atoms with Crippen molar-refractivity contribution in [2.24, 2.45) is 4.99 Å². The van der Waals surface area contributed by atoms with Crippen LogP contribution in [-0.4, -0.2) is 69.1 Å². The number of ether oxygens (including phenoxy) is 1. The number of nitrogens with zero attached hydrogens (tertiary/aromatic N) is 3.